The number of aliphatic carboxylic acids is 1. The number of carboxylic acids is 1. The second-order valence-electron chi connectivity index (χ2n) is 6.45. The number of rotatable bonds is 5. The lowest BCUT2D eigenvalue weighted by molar-refractivity contribution is -0.143. The SMILES string of the molecule is CC1CC(C(=O)O)CN(C(=O)NC(C)COC2CCOC2)C1. The Morgan fingerprint density at radius 3 is 2.86 bits per heavy atom. The van der Waals surface area contributed by atoms with Crippen molar-refractivity contribution < 1.29 is 24.2 Å². The summed E-state index contributed by atoms with van der Waals surface area (Å²) in [6, 6.07) is -0.329. The van der Waals surface area contributed by atoms with Gasteiger partial charge in [0.2, 0.25) is 0 Å². The van der Waals surface area contributed by atoms with E-state index in [9.17, 15) is 9.59 Å². The molecule has 4 unspecified atom stereocenters. The number of likely N-dealkylation sites (tertiary alicyclic amines) is 1. The van der Waals surface area contributed by atoms with Gasteiger partial charge >= 0.3 is 12.0 Å². The van der Waals surface area contributed by atoms with Gasteiger partial charge in [0.1, 0.15) is 0 Å². The van der Waals surface area contributed by atoms with Crippen molar-refractivity contribution in [3.63, 3.8) is 0 Å². The third kappa shape index (κ3) is 4.84. The van der Waals surface area contributed by atoms with Crippen molar-refractivity contribution in [3.05, 3.63) is 0 Å². The highest BCUT2D eigenvalue weighted by Crippen LogP contribution is 2.21. The first-order valence-electron chi connectivity index (χ1n) is 7.93. The first-order chi connectivity index (χ1) is 10.5. The molecule has 2 aliphatic heterocycles. The van der Waals surface area contributed by atoms with Crippen molar-refractivity contribution in [1.29, 1.82) is 0 Å². The van der Waals surface area contributed by atoms with E-state index in [2.05, 4.69) is 5.32 Å². The highest BCUT2D eigenvalue weighted by atomic mass is 16.5. The maximum atomic E-state index is 12.3. The molecule has 0 radical (unpaired) electrons. The zero-order chi connectivity index (χ0) is 16.1. The van der Waals surface area contributed by atoms with Crippen LogP contribution in [0.4, 0.5) is 4.79 Å². The molecule has 0 spiro atoms. The van der Waals surface area contributed by atoms with Crippen LogP contribution >= 0.6 is 0 Å². The number of carbonyl (C=O) groups is 2. The minimum atomic E-state index is -0.832. The number of amides is 2. The first kappa shape index (κ1) is 17.0. The second kappa shape index (κ2) is 7.78. The zero-order valence-electron chi connectivity index (χ0n) is 13.3. The van der Waals surface area contributed by atoms with Gasteiger partial charge in [-0.3, -0.25) is 4.79 Å². The van der Waals surface area contributed by atoms with Gasteiger partial charge in [0, 0.05) is 19.7 Å². The molecule has 2 heterocycles. The van der Waals surface area contributed by atoms with E-state index >= 15 is 0 Å². The monoisotopic (exact) mass is 314 g/mol. The Hall–Kier alpha value is -1.34. The summed E-state index contributed by atoms with van der Waals surface area (Å²) in [4.78, 5) is 25.0. The molecular formula is C15H26N2O5. The summed E-state index contributed by atoms with van der Waals surface area (Å²) in [5.41, 5.74) is 0. The van der Waals surface area contributed by atoms with Crippen LogP contribution in [-0.4, -0.2) is 67.1 Å². The fourth-order valence-electron chi connectivity index (χ4n) is 2.96. The van der Waals surface area contributed by atoms with Crippen molar-refractivity contribution in [2.24, 2.45) is 11.8 Å². The summed E-state index contributed by atoms with van der Waals surface area (Å²) in [6.07, 6.45) is 1.63. The van der Waals surface area contributed by atoms with Gasteiger partial charge in [0.05, 0.1) is 31.3 Å². The molecule has 0 aromatic rings. The second-order valence-corrected chi connectivity index (χ2v) is 6.45. The van der Waals surface area contributed by atoms with E-state index in [1.807, 2.05) is 13.8 Å². The number of ether oxygens (including phenoxy) is 2. The largest absolute Gasteiger partial charge is 0.481 e. The molecule has 2 N–H and O–H groups in total. The molecule has 0 saturated carbocycles. The Morgan fingerprint density at radius 1 is 1.45 bits per heavy atom. The number of piperidine rings is 1. The lowest BCUT2D eigenvalue weighted by Gasteiger charge is -2.35. The molecule has 126 valence electrons. The van der Waals surface area contributed by atoms with Gasteiger partial charge in [0.25, 0.3) is 0 Å². The van der Waals surface area contributed by atoms with Crippen molar-refractivity contribution >= 4 is 12.0 Å². The van der Waals surface area contributed by atoms with Crippen LogP contribution in [0.2, 0.25) is 0 Å². The highest BCUT2D eigenvalue weighted by molar-refractivity contribution is 5.76. The van der Waals surface area contributed by atoms with Gasteiger partial charge in [-0.15, -0.1) is 0 Å². The molecule has 22 heavy (non-hydrogen) atoms. The Morgan fingerprint density at radius 2 is 2.23 bits per heavy atom. The van der Waals surface area contributed by atoms with Crippen molar-refractivity contribution in [2.45, 2.75) is 38.8 Å². The normalized spacial score (nSPS) is 30.1. The quantitative estimate of drug-likeness (QED) is 0.788. The lowest BCUT2D eigenvalue weighted by Crippen LogP contribution is -2.52. The summed E-state index contributed by atoms with van der Waals surface area (Å²) in [5.74, 6) is -1.11. The Balaban J connectivity index is 1.76. The summed E-state index contributed by atoms with van der Waals surface area (Å²) >= 11 is 0. The summed E-state index contributed by atoms with van der Waals surface area (Å²) in [7, 11) is 0. The van der Waals surface area contributed by atoms with Crippen LogP contribution in [0.5, 0.6) is 0 Å². The van der Waals surface area contributed by atoms with Gasteiger partial charge in [0.15, 0.2) is 0 Å². The highest BCUT2D eigenvalue weighted by Gasteiger charge is 2.32. The van der Waals surface area contributed by atoms with Crippen molar-refractivity contribution in [3.8, 4) is 0 Å². The number of hydrogen-bond acceptors (Lipinski definition) is 4. The van der Waals surface area contributed by atoms with E-state index in [-0.39, 0.29) is 30.6 Å². The lowest BCUT2D eigenvalue weighted by atomic mass is 9.91. The predicted molar refractivity (Wildman–Crippen MR) is 79.6 cm³/mol. The number of nitrogens with zero attached hydrogens (tertiary/aromatic N) is 1. The summed E-state index contributed by atoms with van der Waals surface area (Å²) in [5, 5.41) is 12.0. The van der Waals surface area contributed by atoms with E-state index < -0.39 is 11.9 Å². The van der Waals surface area contributed by atoms with E-state index in [4.69, 9.17) is 14.6 Å². The number of hydrogen-bond donors (Lipinski definition) is 2. The van der Waals surface area contributed by atoms with Crippen molar-refractivity contribution in [1.82, 2.24) is 10.2 Å². The third-order valence-corrected chi connectivity index (χ3v) is 4.14. The first-order valence-corrected chi connectivity index (χ1v) is 7.93. The van der Waals surface area contributed by atoms with Crippen LogP contribution < -0.4 is 5.32 Å². The smallest absolute Gasteiger partial charge is 0.317 e. The van der Waals surface area contributed by atoms with Gasteiger partial charge in [-0.25, -0.2) is 4.79 Å². The molecule has 4 atom stereocenters. The zero-order valence-corrected chi connectivity index (χ0v) is 13.3. The van der Waals surface area contributed by atoms with Crippen LogP contribution in [0, 0.1) is 11.8 Å². The molecule has 7 heteroatoms. The molecular weight excluding hydrogens is 288 g/mol. The topological polar surface area (TPSA) is 88.1 Å². The molecule has 2 saturated heterocycles. The maximum absolute atomic E-state index is 12.3. The molecule has 0 aromatic heterocycles. The predicted octanol–water partition coefficient (Wildman–Crippen LogP) is 0.933. The Bertz CT molecular complexity index is 397. The number of carboxylic acid groups (broad SMARTS) is 1. The maximum Gasteiger partial charge on any atom is 0.317 e. The number of urea groups is 1. The van der Waals surface area contributed by atoms with Gasteiger partial charge in [-0.2, -0.15) is 0 Å². The van der Waals surface area contributed by atoms with Crippen molar-refractivity contribution in [2.75, 3.05) is 32.9 Å². The molecule has 2 amide bonds. The van der Waals surface area contributed by atoms with E-state index in [1.165, 1.54) is 0 Å². The molecule has 2 aliphatic rings. The van der Waals surface area contributed by atoms with Crippen LogP contribution in [0.1, 0.15) is 26.7 Å². The Labute approximate surface area is 130 Å². The van der Waals surface area contributed by atoms with E-state index in [0.29, 0.717) is 26.2 Å². The van der Waals surface area contributed by atoms with Crippen LogP contribution in [-0.2, 0) is 14.3 Å². The summed E-state index contributed by atoms with van der Waals surface area (Å²) in [6.45, 7) is 6.51. The standard InChI is InChI=1S/C15H26N2O5/c1-10-5-12(14(18)19)7-17(6-10)15(20)16-11(2)8-22-13-3-4-21-9-13/h10-13H,3-9H2,1-2H3,(H,16,20)(H,18,19). The minimum absolute atomic E-state index is 0.116. The molecule has 7 nitrogen and oxygen atoms in total. The summed E-state index contributed by atoms with van der Waals surface area (Å²) < 4.78 is 10.9. The molecule has 2 rings (SSSR count). The van der Waals surface area contributed by atoms with Gasteiger partial charge in [-0.1, -0.05) is 6.92 Å². The van der Waals surface area contributed by atoms with E-state index in [0.717, 1.165) is 13.0 Å². The number of carbonyl (C=O) groups excluding carboxylic acids is 1. The van der Waals surface area contributed by atoms with Crippen LogP contribution in [0.3, 0.4) is 0 Å². The Kier molecular flexibility index (Phi) is 6.02. The molecule has 2 fully saturated rings. The van der Waals surface area contributed by atoms with Crippen LogP contribution in [0.25, 0.3) is 0 Å². The molecule has 0 aromatic carbocycles. The van der Waals surface area contributed by atoms with Gasteiger partial charge in [-0.05, 0) is 25.7 Å². The fourth-order valence-corrected chi connectivity index (χ4v) is 2.96. The van der Waals surface area contributed by atoms with Gasteiger partial charge < -0.3 is 24.8 Å². The van der Waals surface area contributed by atoms with E-state index in [1.54, 1.807) is 4.90 Å². The third-order valence-electron chi connectivity index (χ3n) is 4.14. The average Bonchev–Trinajstić information content (AvgIpc) is 2.97. The minimum Gasteiger partial charge on any atom is -0.481 e. The average molecular weight is 314 g/mol. The fraction of sp³-hybridized carbons (Fsp3) is 0.867. The molecule has 0 aliphatic carbocycles. The van der Waals surface area contributed by atoms with Crippen LogP contribution in [0.15, 0.2) is 0 Å². The molecule has 0 bridgehead atoms. The number of nitrogens with one attached hydrogen (secondary N) is 1.